The van der Waals surface area contributed by atoms with Gasteiger partial charge in [0.1, 0.15) is 17.9 Å². The first kappa shape index (κ1) is 25.2. The molecular formula is C30H19BrN4O5. The van der Waals surface area contributed by atoms with Crippen molar-refractivity contribution in [1.29, 1.82) is 0 Å². The van der Waals surface area contributed by atoms with Crippen LogP contribution in [-0.2, 0) is 6.61 Å². The van der Waals surface area contributed by atoms with Crippen molar-refractivity contribution in [3.8, 4) is 17.3 Å². The first-order valence-electron chi connectivity index (χ1n) is 12.2. The smallest absolute Gasteiger partial charge is 0.282 e. The van der Waals surface area contributed by atoms with Crippen LogP contribution in [-0.4, -0.2) is 20.8 Å². The Hall–Kier alpha value is -5.09. The van der Waals surface area contributed by atoms with E-state index in [0.717, 1.165) is 10.9 Å². The van der Waals surface area contributed by atoms with Crippen LogP contribution < -0.4 is 10.3 Å². The third-order valence-corrected chi connectivity index (χ3v) is 6.84. The van der Waals surface area contributed by atoms with Crippen molar-refractivity contribution in [3.05, 3.63) is 133 Å². The van der Waals surface area contributed by atoms with Crippen LogP contribution in [0.15, 0.2) is 116 Å². The van der Waals surface area contributed by atoms with E-state index in [1.54, 1.807) is 48.7 Å². The van der Waals surface area contributed by atoms with Gasteiger partial charge in [-0.25, -0.2) is 4.98 Å². The molecule has 0 aliphatic heterocycles. The van der Waals surface area contributed by atoms with E-state index in [2.05, 4.69) is 21.0 Å². The lowest BCUT2D eigenvalue weighted by Gasteiger charge is -2.09. The van der Waals surface area contributed by atoms with Gasteiger partial charge in [-0.05, 0) is 81.7 Å². The largest absolute Gasteiger partial charge is 0.488 e. The van der Waals surface area contributed by atoms with Crippen molar-refractivity contribution in [2.45, 2.75) is 6.61 Å². The summed E-state index contributed by atoms with van der Waals surface area (Å²) in [4.78, 5) is 28.6. The molecule has 2 heterocycles. The van der Waals surface area contributed by atoms with Gasteiger partial charge in [-0.2, -0.15) is 9.78 Å². The molecule has 0 atom stereocenters. The lowest BCUT2D eigenvalue weighted by molar-refractivity contribution is -0.384. The summed E-state index contributed by atoms with van der Waals surface area (Å²) < 4.78 is 13.8. The Bertz CT molecular complexity index is 1950. The molecule has 10 heteroatoms. The number of benzene rings is 4. The van der Waals surface area contributed by atoms with Crippen molar-refractivity contribution in [1.82, 2.24) is 9.66 Å². The fraction of sp³-hybridized carbons (Fsp3) is 0.0333. The molecule has 0 amide bonds. The minimum atomic E-state index is -0.441. The molecule has 0 aliphatic carbocycles. The zero-order valence-electron chi connectivity index (χ0n) is 20.7. The molecule has 6 rings (SSSR count). The molecule has 0 aliphatic rings. The van der Waals surface area contributed by atoms with E-state index in [-0.39, 0.29) is 17.9 Å². The van der Waals surface area contributed by atoms with E-state index in [4.69, 9.17) is 14.1 Å². The number of halogens is 1. The van der Waals surface area contributed by atoms with Crippen LogP contribution in [0.1, 0.15) is 11.1 Å². The van der Waals surface area contributed by atoms with E-state index in [0.29, 0.717) is 43.9 Å². The van der Waals surface area contributed by atoms with Gasteiger partial charge in [0.05, 0.1) is 26.5 Å². The number of ether oxygens (including phenoxy) is 1. The summed E-state index contributed by atoms with van der Waals surface area (Å²) in [5.41, 5.74) is 2.45. The zero-order valence-corrected chi connectivity index (χ0v) is 22.3. The molecule has 0 unspecified atom stereocenters. The molecule has 0 spiro atoms. The summed E-state index contributed by atoms with van der Waals surface area (Å²) in [7, 11) is 0. The third-order valence-electron chi connectivity index (χ3n) is 6.22. The highest BCUT2D eigenvalue weighted by molar-refractivity contribution is 9.10. The van der Waals surface area contributed by atoms with Crippen LogP contribution in [0.5, 0.6) is 5.75 Å². The number of nitro groups is 1. The van der Waals surface area contributed by atoms with Crippen LogP contribution in [0.4, 0.5) is 5.69 Å². The van der Waals surface area contributed by atoms with Crippen LogP contribution in [0.25, 0.3) is 33.5 Å². The van der Waals surface area contributed by atoms with E-state index >= 15 is 0 Å². The maximum atomic E-state index is 13.5. The van der Waals surface area contributed by atoms with E-state index in [1.807, 2.05) is 42.5 Å². The van der Waals surface area contributed by atoms with Gasteiger partial charge in [0, 0.05) is 17.5 Å². The Morgan fingerprint density at radius 2 is 1.77 bits per heavy atom. The summed E-state index contributed by atoms with van der Waals surface area (Å²) in [5.74, 6) is 1.30. The Morgan fingerprint density at radius 3 is 2.55 bits per heavy atom. The molecule has 40 heavy (non-hydrogen) atoms. The SMILES string of the molecule is O=c1c2ccccc2nc(-c2cc3ccccc3o2)n1N=Cc1ccc(OCc2ccc([N+](=O)[O-])cc2)c(Br)c1. The summed E-state index contributed by atoms with van der Waals surface area (Å²) in [6.07, 6.45) is 1.56. The van der Waals surface area contributed by atoms with Gasteiger partial charge in [0.2, 0.25) is 5.82 Å². The monoisotopic (exact) mass is 594 g/mol. The van der Waals surface area contributed by atoms with Crippen LogP contribution >= 0.6 is 15.9 Å². The second-order valence-electron chi connectivity index (χ2n) is 8.86. The van der Waals surface area contributed by atoms with E-state index in [9.17, 15) is 14.9 Å². The molecule has 0 saturated carbocycles. The van der Waals surface area contributed by atoms with Crippen molar-refractivity contribution in [2.75, 3.05) is 0 Å². The average Bonchev–Trinajstić information content (AvgIpc) is 3.41. The molecular weight excluding hydrogens is 576 g/mol. The molecule has 0 radical (unpaired) electrons. The molecule has 196 valence electrons. The predicted molar refractivity (Wildman–Crippen MR) is 156 cm³/mol. The highest BCUT2D eigenvalue weighted by Crippen LogP contribution is 2.28. The summed E-state index contributed by atoms with van der Waals surface area (Å²) in [6.45, 7) is 0.239. The van der Waals surface area contributed by atoms with Crippen molar-refractivity contribution in [2.24, 2.45) is 5.10 Å². The Morgan fingerprint density at radius 1 is 1.00 bits per heavy atom. The number of para-hydroxylation sites is 2. The normalized spacial score (nSPS) is 11.4. The molecule has 6 aromatic rings. The standard InChI is InChI=1S/C30H19BrN4O5/c31-24-15-20(11-14-27(24)39-18-19-9-12-22(13-10-19)35(37)38)17-32-34-29(28-16-21-5-1-4-8-26(21)40-28)33-25-7-3-2-6-23(25)30(34)36/h1-17H,18H2. The molecule has 0 saturated heterocycles. The molecule has 4 aromatic carbocycles. The third kappa shape index (κ3) is 4.99. The average molecular weight is 595 g/mol. The number of nitrogens with zero attached hydrogens (tertiary/aromatic N) is 4. The van der Waals surface area contributed by atoms with Gasteiger partial charge in [-0.1, -0.05) is 30.3 Å². The molecule has 9 nitrogen and oxygen atoms in total. The van der Waals surface area contributed by atoms with Gasteiger partial charge >= 0.3 is 0 Å². The lowest BCUT2D eigenvalue weighted by atomic mass is 10.2. The number of aromatic nitrogens is 2. The topological polar surface area (TPSA) is 113 Å². The fourth-order valence-electron chi connectivity index (χ4n) is 4.20. The fourth-order valence-corrected chi connectivity index (χ4v) is 4.71. The maximum Gasteiger partial charge on any atom is 0.282 e. The summed E-state index contributed by atoms with van der Waals surface area (Å²) >= 11 is 3.52. The first-order valence-corrected chi connectivity index (χ1v) is 13.0. The quantitative estimate of drug-likeness (QED) is 0.112. The maximum absolute atomic E-state index is 13.5. The van der Waals surface area contributed by atoms with Crippen LogP contribution in [0.2, 0.25) is 0 Å². The van der Waals surface area contributed by atoms with E-state index in [1.165, 1.54) is 16.8 Å². The number of hydrogen-bond donors (Lipinski definition) is 0. The molecule has 2 aromatic heterocycles. The number of fused-ring (bicyclic) bond motifs is 2. The van der Waals surface area contributed by atoms with Crippen molar-refractivity contribution < 1.29 is 14.1 Å². The first-order chi connectivity index (χ1) is 19.5. The lowest BCUT2D eigenvalue weighted by Crippen LogP contribution is -2.20. The molecule has 0 fully saturated rings. The van der Waals surface area contributed by atoms with Crippen LogP contribution in [0.3, 0.4) is 0 Å². The second-order valence-corrected chi connectivity index (χ2v) is 9.72. The number of non-ortho nitro benzene ring substituents is 1. The van der Waals surface area contributed by atoms with Gasteiger partial charge in [-0.3, -0.25) is 14.9 Å². The van der Waals surface area contributed by atoms with E-state index < -0.39 is 4.92 Å². The van der Waals surface area contributed by atoms with Gasteiger partial charge < -0.3 is 9.15 Å². The molecule has 0 N–H and O–H groups in total. The summed E-state index contributed by atoms with van der Waals surface area (Å²) in [6, 6.07) is 28.1. The number of hydrogen-bond acceptors (Lipinski definition) is 7. The summed E-state index contributed by atoms with van der Waals surface area (Å²) in [5, 5.41) is 16.7. The minimum absolute atomic E-state index is 0.0257. The van der Waals surface area contributed by atoms with Gasteiger partial charge in [0.25, 0.3) is 11.2 Å². The van der Waals surface area contributed by atoms with Crippen LogP contribution in [0, 0.1) is 10.1 Å². The zero-order chi connectivity index (χ0) is 27.6. The van der Waals surface area contributed by atoms with Gasteiger partial charge in [-0.15, -0.1) is 0 Å². The highest BCUT2D eigenvalue weighted by atomic mass is 79.9. The Balaban J connectivity index is 1.30. The molecule has 0 bridgehead atoms. The highest BCUT2D eigenvalue weighted by Gasteiger charge is 2.16. The Kier molecular flexibility index (Phi) is 6.67. The second kappa shape index (κ2) is 10.6. The number of rotatable bonds is 7. The minimum Gasteiger partial charge on any atom is -0.488 e. The predicted octanol–water partition coefficient (Wildman–Crippen LogP) is 6.94. The number of nitro benzene ring substituents is 1. The number of furan rings is 1. The van der Waals surface area contributed by atoms with Gasteiger partial charge in [0.15, 0.2) is 5.76 Å². The van der Waals surface area contributed by atoms with Crippen molar-refractivity contribution in [3.63, 3.8) is 0 Å². The Labute approximate surface area is 235 Å². The van der Waals surface area contributed by atoms with Crippen molar-refractivity contribution >= 4 is 49.7 Å².